The minimum Gasteiger partial charge on any atom is -0.480 e. The van der Waals surface area contributed by atoms with E-state index in [0.29, 0.717) is 0 Å². The lowest BCUT2D eigenvalue weighted by Gasteiger charge is -2.28. The van der Waals surface area contributed by atoms with E-state index in [1.165, 1.54) is 0 Å². The molecule has 5 heteroatoms. The van der Waals surface area contributed by atoms with Crippen LogP contribution < -0.4 is 5.32 Å². The Balaban J connectivity index is 1.97. The third-order valence-electron chi connectivity index (χ3n) is 3.35. The fourth-order valence-electron chi connectivity index (χ4n) is 2.41. The van der Waals surface area contributed by atoms with Crippen LogP contribution in [0.4, 0.5) is 0 Å². The monoisotopic (exact) mass is 237 g/mol. The first-order chi connectivity index (χ1) is 8.20. The van der Waals surface area contributed by atoms with Crippen molar-refractivity contribution >= 4 is 5.97 Å². The molecular formula is C12H19N3O2. The van der Waals surface area contributed by atoms with Gasteiger partial charge in [0.05, 0.1) is 0 Å². The van der Waals surface area contributed by atoms with Gasteiger partial charge in [-0.1, -0.05) is 0 Å². The zero-order chi connectivity index (χ0) is 12.3. The van der Waals surface area contributed by atoms with Crippen LogP contribution in [0.15, 0.2) is 12.4 Å². The highest BCUT2D eigenvalue weighted by molar-refractivity contribution is 5.73. The summed E-state index contributed by atoms with van der Waals surface area (Å²) in [5, 5.41) is 12.2. The van der Waals surface area contributed by atoms with Crippen LogP contribution in [0.1, 0.15) is 32.0 Å². The molecule has 5 nitrogen and oxygen atoms in total. The Hall–Kier alpha value is -1.36. The lowest BCUT2D eigenvalue weighted by atomic mass is 9.96. The van der Waals surface area contributed by atoms with E-state index >= 15 is 0 Å². The second-order valence-electron chi connectivity index (χ2n) is 4.52. The first-order valence-electron chi connectivity index (χ1n) is 6.19. The molecule has 2 atom stereocenters. The van der Waals surface area contributed by atoms with E-state index in [-0.39, 0.29) is 6.04 Å². The SMILES string of the molecule is CCn1ccnc1CC1CCCC(C(=O)O)N1. The number of imidazole rings is 1. The van der Waals surface area contributed by atoms with Gasteiger partial charge >= 0.3 is 5.97 Å². The third kappa shape index (κ3) is 2.85. The van der Waals surface area contributed by atoms with E-state index in [9.17, 15) is 4.79 Å². The lowest BCUT2D eigenvalue weighted by molar-refractivity contribution is -0.140. The standard InChI is InChI=1S/C12H19N3O2/c1-2-15-7-6-13-11(15)8-9-4-3-5-10(14-9)12(16)17/h6-7,9-10,14H,2-5,8H2,1H3,(H,16,17). The summed E-state index contributed by atoms with van der Waals surface area (Å²) in [7, 11) is 0. The maximum Gasteiger partial charge on any atom is 0.320 e. The molecule has 0 spiro atoms. The van der Waals surface area contributed by atoms with Gasteiger partial charge < -0.3 is 15.0 Å². The number of aliphatic carboxylic acids is 1. The Morgan fingerprint density at radius 2 is 2.47 bits per heavy atom. The number of hydrogen-bond donors (Lipinski definition) is 2. The Kier molecular flexibility index (Phi) is 3.78. The smallest absolute Gasteiger partial charge is 0.320 e. The quantitative estimate of drug-likeness (QED) is 0.821. The molecule has 0 saturated carbocycles. The number of aryl methyl sites for hydroxylation is 1. The molecule has 2 heterocycles. The Labute approximate surface area is 101 Å². The highest BCUT2D eigenvalue weighted by atomic mass is 16.4. The fourth-order valence-corrected chi connectivity index (χ4v) is 2.41. The Morgan fingerprint density at radius 3 is 3.18 bits per heavy atom. The molecule has 0 aliphatic carbocycles. The van der Waals surface area contributed by atoms with Crippen molar-refractivity contribution in [2.75, 3.05) is 0 Å². The van der Waals surface area contributed by atoms with Crippen molar-refractivity contribution in [2.24, 2.45) is 0 Å². The van der Waals surface area contributed by atoms with Crippen LogP contribution in [-0.2, 0) is 17.8 Å². The minimum atomic E-state index is -0.742. The van der Waals surface area contributed by atoms with Crippen molar-refractivity contribution in [1.82, 2.24) is 14.9 Å². The number of hydrogen-bond acceptors (Lipinski definition) is 3. The highest BCUT2D eigenvalue weighted by Gasteiger charge is 2.26. The molecular weight excluding hydrogens is 218 g/mol. The van der Waals surface area contributed by atoms with Crippen LogP contribution in [-0.4, -0.2) is 32.7 Å². The molecule has 1 aromatic heterocycles. The second-order valence-corrected chi connectivity index (χ2v) is 4.52. The van der Waals surface area contributed by atoms with Crippen LogP contribution in [0.3, 0.4) is 0 Å². The molecule has 1 aliphatic heterocycles. The van der Waals surface area contributed by atoms with Gasteiger partial charge in [0.1, 0.15) is 11.9 Å². The van der Waals surface area contributed by atoms with E-state index in [1.807, 2.05) is 6.20 Å². The van der Waals surface area contributed by atoms with Gasteiger partial charge in [-0.3, -0.25) is 4.79 Å². The molecule has 94 valence electrons. The predicted octanol–water partition coefficient (Wildman–Crippen LogP) is 1.04. The average Bonchev–Trinajstić information content (AvgIpc) is 2.76. The van der Waals surface area contributed by atoms with Gasteiger partial charge in [0, 0.05) is 31.4 Å². The van der Waals surface area contributed by atoms with Crippen molar-refractivity contribution in [3.63, 3.8) is 0 Å². The van der Waals surface area contributed by atoms with Crippen molar-refractivity contribution in [3.05, 3.63) is 18.2 Å². The summed E-state index contributed by atoms with van der Waals surface area (Å²) in [5.74, 6) is 0.296. The van der Waals surface area contributed by atoms with Crippen LogP contribution in [0.2, 0.25) is 0 Å². The van der Waals surface area contributed by atoms with Gasteiger partial charge in [-0.25, -0.2) is 4.98 Å². The van der Waals surface area contributed by atoms with E-state index in [1.54, 1.807) is 6.20 Å². The Morgan fingerprint density at radius 1 is 1.65 bits per heavy atom. The van der Waals surface area contributed by atoms with E-state index in [2.05, 4.69) is 21.8 Å². The largest absolute Gasteiger partial charge is 0.480 e. The molecule has 2 rings (SSSR count). The molecule has 0 bridgehead atoms. The van der Waals surface area contributed by atoms with Gasteiger partial charge in [-0.15, -0.1) is 0 Å². The summed E-state index contributed by atoms with van der Waals surface area (Å²) < 4.78 is 2.10. The first-order valence-corrected chi connectivity index (χ1v) is 6.19. The van der Waals surface area contributed by atoms with Gasteiger partial charge in [0.2, 0.25) is 0 Å². The summed E-state index contributed by atoms with van der Waals surface area (Å²) in [5.41, 5.74) is 0. The summed E-state index contributed by atoms with van der Waals surface area (Å²) in [4.78, 5) is 15.3. The zero-order valence-electron chi connectivity index (χ0n) is 10.1. The van der Waals surface area contributed by atoms with Crippen LogP contribution in [0.25, 0.3) is 0 Å². The summed E-state index contributed by atoms with van der Waals surface area (Å²) in [6, 6.07) is -0.156. The number of carboxylic acid groups (broad SMARTS) is 1. The van der Waals surface area contributed by atoms with Crippen molar-refractivity contribution in [3.8, 4) is 0 Å². The third-order valence-corrected chi connectivity index (χ3v) is 3.35. The normalized spacial score (nSPS) is 24.8. The summed E-state index contributed by atoms with van der Waals surface area (Å²) >= 11 is 0. The van der Waals surface area contributed by atoms with Gasteiger partial charge in [0.15, 0.2) is 0 Å². The van der Waals surface area contributed by atoms with E-state index < -0.39 is 12.0 Å². The molecule has 17 heavy (non-hydrogen) atoms. The predicted molar refractivity (Wildman–Crippen MR) is 63.8 cm³/mol. The van der Waals surface area contributed by atoms with E-state index in [4.69, 9.17) is 5.11 Å². The first kappa shape index (κ1) is 12.1. The van der Waals surface area contributed by atoms with Crippen LogP contribution in [0.5, 0.6) is 0 Å². The summed E-state index contributed by atoms with van der Waals surface area (Å²) in [6.07, 6.45) is 7.31. The zero-order valence-corrected chi connectivity index (χ0v) is 10.1. The number of nitrogens with one attached hydrogen (secondary N) is 1. The molecule has 1 fully saturated rings. The fraction of sp³-hybridized carbons (Fsp3) is 0.667. The van der Waals surface area contributed by atoms with Crippen molar-refractivity contribution < 1.29 is 9.90 Å². The molecule has 0 amide bonds. The molecule has 0 aromatic carbocycles. The molecule has 2 unspecified atom stereocenters. The minimum absolute atomic E-state index is 0.234. The molecule has 1 aromatic rings. The Bertz CT molecular complexity index is 389. The topological polar surface area (TPSA) is 67.2 Å². The number of aromatic nitrogens is 2. The lowest BCUT2D eigenvalue weighted by Crippen LogP contribution is -2.47. The molecule has 1 aliphatic rings. The maximum absolute atomic E-state index is 10.9. The van der Waals surface area contributed by atoms with Gasteiger partial charge in [0.25, 0.3) is 0 Å². The summed E-state index contributed by atoms with van der Waals surface area (Å²) in [6.45, 7) is 2.99. The molecule has 0 radical (unpaired) electrons. The highest BCUT2D eigenvalue weighted by Crippen LogP contribution is 2.16. The van der Waals surface area contributed by atoms with Crippen molar-refractivity contribution in [2.45, 2.75) is 51.2 Å². The van der Waals surface area contributed by atoms with Gasteiger partial charge in [-0.05, 0) is 26.2 Å². The van der Waals surface area contributed by atoms with Crippen molar-refractivity contribution in [1.29, 1.82) is 0 Å². The number of piperidine rings is 1. The number of carboxylic acids is 1. The second kappa shape index (κ2) is 5.31. The number of rotatable bonds is 4. The van der Waals surface area contributed by atoms with Crippen LogP contribution in [0, 0.1) is 0 Å². The number of nitrogens with zero attached hydrogens (tertiary/aromatic N) is 2. The number of carbonyl (C=O) groups is 1. The average molecular weight is 237 g/mol. The maximum atomic E-state index is 10.9. The van der Waals surface area contributed by atoms with E-state index in [0.717, 1.165) is 38.1 Å². The molecule has 1 saturated heterocycles. The molecule has 2 N–H and O–H groups in total. The van der Waals surface area contributed by atoms with Crippen LogP contribution >= 0.6 is 0 Å². The van der Waals surface area contributed by atoms with Gasteiger partial charge in [-0.2, -0.15) is 0 Å².